The maximum absolute atomic E-state index is 12.3. The molecule has 0 bridgehead atoms. The van der Waals surface area contributed by atoms with Gasteiger partial charge in [-0.25, -0.2) is 13.1 Å². The van der Waals surface area contributed by atoms with E-state index in [0.29, 0.717) is 8.68 Å². The highest BCUT2D eigenvalue weighted by molar-refractivity contribution is 9.10. The maximum Gasteiger partial charge on any atom is 0.251 e. The van der Waals surface area contributed by atoms with Crippen molar-refractivity contribution >= 4 is 37.3 Å². The third-order valence-corrected chi connectivity index (χ3v) is 7.77. The largest absolute Gasteiger partial charge is 0.251 e. The number of sulfonamides is 1. The van der Waals surface area contributed by atoms with Crippen LogP contribution in [0.4, 0.5) is 0 Å². The van der Waals surface area contributed by atoms with Gasteiger partial charge in [0.1, 0.15) is 4.21 Å². The van der Waals surface area contributed by atoms with Crippen molar-refractivity contribution < 1.29 is 8.42 Å². The first-order chi connectivity index (χ1) is 8.33. The predicted molar refractivity (Wildman–Crippen MR) is 78.4 cm³/mol. The van der Waals surface area contributed by atoms with Gasteiger partial charge in [-0.1, -0.05) is 26.7 Å². The highest BCUT2D eigenvalue weighted by Gasteiger charge is 2.35. The molecule has 0 aliphatic heterocycles. The van der Waals surface area contributed by atoms with E-state index in [-0.39, 0.29) is 11.5 Å². The van der Waals surface area contributed by atoms with E-state index in [1.807, 2.05) is 0 Å². The summed E-state index contributed by atoms with van der Waals surface area (Å²) in [4.78, 5) is 0. The van der Waals surface area contributed by atoms with Crippen LogP contribution in [-0.4, -0.2) is 14.5 Å². The van der Waals surface area contributed by atoms with E-state index in [4.69, 9.17) is 0 Å². The normalized spacial score (nSPS) is 24.1. The summed E-state index contributed by atoms with van der Waals surface area (Å²) in [6.07, 6.45) is 4.29. The molecule has 2 rings (SSSR count). The average molecular weight is 352 g/mol. The van der Waals surface area contributed by atoms with E-state index in [1.165, 1.54) is 17.8 Å². The van der Waals surface area contributed by atoms with Gasteiger partial charge in [-0.3, -0.25) is 0 Å². The van der Waals surface area contributed by atoms with Crippen molar-refractivity contribution in [1.82, 2.24) is 4.72 Å². The lowest BCUT2D eigenvalue weighted by molar-refractivity contribution is 0.188. The smallest absolute Gasteiger partial charge is 0.207 e. The monoisotopic (exact) mass is 351 g/mol. The van der Waals surface area contributed by atoms with Gasteiger partial charge in [0, 0.05) is 10.5 Å². The summed E-state index contributed by atoms with van der Waals surface area (Å²) in [5.74, 6) is 0. The Morgan fingerprint density at radius 3 is 2.72 bits per heavy atom. The van der Waals surface area contributed by atoms with E-state index in [9.17, 15) is 8.42 Å². The fourth-order valence-electron chi connectivity index (χ4n) is 2.42. The zero-order valence-corrected chi connectivity index (χ0v) is 13.8. The Morgan fingerprint density at radius 2 is 2.17 bits per heavy atom. The van der Waals surface area contributed by atoms with Gasteiger partial charge in [0.2, 0.25) is 0 Å². The Balaban J connectivity index is 2.21. The van der Waals surface area contributed by atoms with Crippen LogP contribution in [0.3, 0.4) is 0 Å². The van der Waals surface area contributed by atoms with Crippen molar-refractivity contribution in [3.8, 4) is 0 Å². The number of hydrogen-bond acceptors (Lipinski definition) is 3. The van der Waals surface area contributed by atoms with Crippen LogP contribution in [0.1, 0.15) is 39.5 Å². The molecule has 1 N–H and O–H groups in total. The molecule has 1 saturated carbocycles. The Hall–Kier alpha value is 0.0900. The minimum Gasteiger partial charge on any atom is -0.207 e. The van der Waals surface area contributed by atoms with E-state index >= 15 is 0 Å². The summed E-state index contributed by atoms with van der Waals surface area (Å²) < 4.78 is 28.6. The van der Waals surface area contributed by atoms with Crippen molar-refractivity contribution in [2.45, 2.75) is 49.8 Å². The first kappa shape index (κ1) is 14.5. The van der Waals surface area contributed by atoms with Crippen LogP contribution in [0.5, 0.6) is 0 Å². The number of hydrogen-bond donors (Lipinski definition) is 1. The Labute approximate surface area is 121 Å². The van der Waals surface area contributed by atoms with Crippen molar-refractivity contribution in [3.63, 3.8) is 0 Å². The molecule has 1 fully saturated rings. The summed E-state index contributed by atoms with van der Waals surface area (Å²) in [5.41, 5.74) is 0.0368. The standard InChI is InChI=1S/C12H18BrNO2S2/c1-12(2)7-4-3-5-10(12)14-18(15,16)11-9(13)6-8-17-11/h6,8,10,14H,3-5,7H2,1-2H3. The van der Waals surface area contributed by atoms with Crippen LogP contribution in [0.2, 0.25) is 0 Å². The maximum atomic E-state index is 12.3. The van der Waals surface area contributed by atoms with Gasteiger partial charge in [-0.2, -0.15) is 0 Å². The SMILES string of the molecule is CC1(C)CCCCC1NS(=O)(=O)c1sccc1Br. The van der Waals surface area contributed by atoms with Crippen molar-refractivity contribution in [2.24, 2.45) is 5.41 Å². The topological polar surface area (TPSA) is 46.2 Å². The summed E-state index contributed by atoms with van der Waals surface area (Å²) in [6, 6.07) is 1.80. The zero-order valence-electron chi connectivity index (χ0n) is 10.6. The van der Waals surface area contributed by atoms with Crippen molar-refractivity contribution in [1.29, 1.82) is 0 Å². The lowest BCUT2D eigenvalue weighted by Crippen LogP contribution is -2.46. The molecule has 3 nitrogen and oxygen atoms in total. The zero-order chi connectivity index (χ0) is 13.4. The average Bonchev–Trinajstić information content (AvgIpc) is 2.68. The Morgan fingerprint density at radius 1 is 1.44 bits per heavy atom. The molecular formula is C12H18BrNO2S2. The van der Waals surface area contributed by atoms with Gasteiger partial charge in [0.15, 0.2) is 0 Å². The van der Waals surface area contributed by atoms with Crippen LogP contribution in [0, 0.1) is 5.41 Å². The number of rotatable bonds is 3. The second kappa shape index (κ2) is 5.23. The van der Waals surface area contributed by atoms with Gasteiger partial charge >= 0.3 is 0 Å². The van der Waals surface area contributed by atoms with Gasteiger partial charge < -0.3 is 0 Å². The lowest BCUT2D eigenvalue weighted by atomic mass is 9.74. The minimum atomic E-state index is -3.40. The van der Waals surface area contributed by atoms with Gasteiger partial charge in [0.05, 0.1) is 0 Å². The molecule has 1 unspecified atom stereocenters. The molecular weight excluding hydrogens is 334 g/mol. The molecule has 0 spiro atoms. The second-order valence-electron chi connectivity index (χ2n) is 5.46. The van der Waals surface area contributed by atoms with Crippen LogP contribution in [0.25, 0.3) is 0 Å². The molecule has 102 valence electrons. The molecule has 0 aromatic carbocycles. The molecule has 1 heterocycles. The molecule has 0 radical (unpaired) electrons. The third kappa shape index (κ3) is 2.98. The summed E-state index contributed by atoms with van der Waals surface area (Å²) in [7, 11) is -3.40. The van der Waals surface area contributed by atoms with Crippen molar-refractivity contribution in [3.05, 3.63) is 15.9 Å². The fraction of sp³-hybridized carbons (Fsp3) is 0.667. The fourth-order valence-corrected chi connectivity index (χ4v) is 6.22. The van der Waals surface area contributed by atoms with Gasteiger partial charge in [0.25, 0.3) is 10.0 Å². The first-order valence-corrected chi connectivity index (χ1v) is 9.24. The van der Waals surface area contributed by atoms with E-state index in [0.717, 1.165) is 19.3 Å². The molecule has 0 amide bonds. The summed E-state index contributed by atoms with van der Waals surface area (Å²) in [6.45, 7) is 4.28. The van der Waals surface area contributed by atoms with Crippen LogP contribution in [0.15, 0.2) is 20.1 Å². The van der Waals surface area contributed by atoms with Crippen LogP contribution in [-0.2, 0) is 10.0 Å². The molecule has 1 aromatic rings. The third-order valence-electron chi connectivity index (χ3n) is 3.63. The second-order valence-corrected chi connectivity index (χ2v) is 9.14. The number of nitrogens with one attached hydrogen (secondary N) is 1. The Bertz CT molecular complexity index is 522. The minimum absolute atomic E-state index is 0.0326. The molecule has 1 aliphatic rings. The molecule has 6 heteroatoms. The van der Waals surface area contributed by atoms with Gasteiger partial charge in [-0.05, 0) is 45.6 Å². The lowest BCUT2D eigenvalue weighted by Gasteiger charge is -2.38. The highest BCUT2D eigenvalue weighted by Crippen LogP contribution is 2.37. The van der Waals surface area contributed by atoms with Gasteiger partial charge in [-0.15, -0.1) is 11.3 Å². The molecule has 1 aliphatic carbocycles. The quantitative estimate of drug-likeness (QED) is 0.900. The highest BCUT2D eigenvalue weighted by atomic mass is 79.9. The summed E-state index contributed by atoms with van der Waals surface area (Å²) >= 11 is 4.53. The van der Waals surface area contributed by atoms with Crippen LogP contribution >= 0.6 is 27.3 Å². The van der Waals surface area contributed by atoms with E-state index in [1.54, 1.807) is 11.4 Å². The van der Waals surface area contributed by atoms with E-state index in [2.05, 4.69) is 34.5 Å². The van der Waals surface area contributed by atoms with Crippen molar-refractivity contribution in [2.75, 3.05) is 0 Å². The number of thiophene rings is 1. The molecule has 18 heavy (non-hydrogen) atoms. The first-order valence-electron chi connectivity index (χ1n) is 6.08. The molecule has 0 saturated heterocycles. The Kier molecular flexibility index (Phi) is 4.21. The molecule has 1 atom stereocenters. The van der Waals surface area contributed by atoms with E-state index < -0.39 is 10.0 Å². The molecule has 1 aromatic heterocycles. The predicted octanol–water partition coefficient (Wildman–Crippen LogP) is 3.76. The van der Waals surface area contributed by atoms with Crippen LogP contribution < -0.4 is 4.72 Å². The number of halogens is 1. The summed E-state index contributed by atoms with van der Waals surface area (Å²) in [5, 5.41) is 1.78.